The number of aliphatic hydroxyl groups is 1. The molecule has 0 amide bonds. The van der Waals surface area contributed by atoms with Crippen LogP contribution < -0.4 is 4.74 Å². The zero-order valence-electron chi connectivity index (χ0n) is 19.0. The van der Waals surface area contributed by atoms with Crippen molar-refractivity contribution in [2.75, 3.05) is 7.11 Å². The highest BCUT2D eigenvalue weighted by Crippen LogP contribution is 2.34. The van der Waals surface area contributed by atoms with Gasteiger partial charge in [-0.15, -0.1) is 0 Å². The van der Waals surface area contributed by atoms with Crippen molar-refractivity contribution in [3.8, 4) is 11.4 Å². The van der Waals surface area contributed by atoms with E-state index in [9.17, 15) is 18.3 Å². The van der Waals surface area contributed by atoms with Gasteiger partial charge >= 0.3 is 0 Å². The molecule has 0 saturated carbocycles. The first-order chi connectivity index (χ1) is 16.8. The van der Waals surface area contributed by atoms with Crippen LogP contribution in [-0.4, -0.2) is 42.6 Å². The van der Waals surface area contributed by atoms with Crippen LogP contribution in [0, 0.1) is 24.4 Å². The van der Waals surface area contributed by atoms with Gasteiger partial charge in [0, 0.05) is 12.7 Å². The Morgan fingerprint density at radius 1 is 1.11 bits per heavy atom. The SMILES string of the molecule is COc1cc(C=Cc2nc3n(n2)CC[C@@H](O)[C@@H]3c2cc(F)c(F)c(F)c2)ccc1-n1cnc(C)c1. The summed E-state index contributed by atoms with van der Waals surface area (Å²) in [7, 11) is 1.59. The maximum absolute atomic E-state index is 13.8. The topological polar surface area (TPSA) is 78.0 Å². The Morgan fingerprint density at radius 3 is 2.57 bits per heavy atom. The molecule has 2 atom stereocenters. The number of hydrogen-bond donors (Lipinski definition) is 1. The van der Waals surface area contributed by atoms with Gasteiger partial charge in [-0.3, -0.25) is 0 Å². The number of imidazole rings is 1. The van der Waals surface area contributed by atoms with E-state index in [0.717, 1.165) is 29.1 Å². The van der Waals surface area contributed by atoms with E-state index < -0.39 is 29.5 Å². The highest BCUT2D eigenvalue weighted by Gasteiger charge is 2.34. The lowest BCUT2D eigenvalue weighted by molar-refractivity contribution is 0.118. The number of aliphatic hydroxyl groups excluding tert-OH is 1. The maximum atomic E-state index is 13.8. The number of rotatable bonds is 5. The average molecular weight is 481 g/mol. The molecule has 1 N–H and O–H groups in total. The Labute approximate surface area is 199 Å². The molecule has 0 saturated heterocycles. The molecule has 1 aliphatic heterocycles. The molecule has 2 aromatic carbocycles. The van der Waals surface area contributed by atoms with Gasteiger partial charge in [-0.05, 0) is 54.8 Å². The number of halogens is 3. The van der Waals surface area contributed by atoms with Gasteiger partial charge in [-0.1, -0.05) is 12.1 Å². The zero-order valence-corrected chi connectivity index (χ0v) is 19.0. The first kappa shape index (κ1) is 22.9. The molecule has 5 rings (SSSR count). The highest BCUT2D eigenvalue weighted by atomic mass is 19.2. The van der Waals surface area contributed by atoms with Gasteiger partial charge in [-0.25, -0.2) is 27.8 Å². The van der Waals surface area contributed by atoms with Crippen LogP contribution in [0.25, 0.3) is 17.8 Å². The van der Waals surface area contributed by atoms with Crippen molar-refractivity contribution in [2.45, 2.75) is 31.9 Å². The minimum absolute atomic E-state index is 0.104. The van der Waals surface area contributed by atoms with Crippen molar-refractivity contribution in [3.63, 3.8) is 0 Å². The minimum Gasteiger partial charge on any atom is -0.495 e. The molecule has 4 aromatic rings. The summed E-state index contributed by atoms with van der Waals surface area (Å²) in [6.07, 6.45) is 6.52. The van der Waals surface area contributed by atoms with E-state index in [2.05, 4.69) is 15.1 Å². The van der Waals surface area contributed by atoms with Crippen molar-refractivity contribution in [1.82, 2.24) is 24.3 Å². The third kappa shape index (κ3) is 4.32. The number of nitrogens with zero attached hydrogens (tertiary/aromatic N) is 5. The molecular weight excluding hydrogens is 459 g/mol. The Morgan fingerprint density at radius 2 is 1.89 bits per heavy atom. The second kappa shape index (κ2) is 9.03. The third-order valence-corrected chi connectivity index (χ3v) is 6.00. The fourth-order valence-electron chi connectivity index (χ4n) is 4.29. The van der Waals surface area contributed by atoms with Crippen LogP contribution in [0.5, 0.6) is 5.75 Å². The Bertz CT molecular complexity index is 1410. The number of benzene rings is 2. The molecule has 180 valence electrons. The number of ether oxygens (including phenoxy) is 1. The van der Waals surface area contributed by atoms with E-state index in [-0.39, 0.29) is 5.56 Å². The van der Waals surface area contributed by atoms with Crippen molar-refractivity contribution < 1.29 is 23.0 Å². The predicted molar refractivity (Wildman–Crippen MR) is 123 cm³/mol. The second-order valence-corrected chi connectivity index (χ2v) is 8.37. The smallest absolute Gasteiger partial charge is 0.194 e. The fraction of sp³-hybridized carbons (Fsp3) is 0.240. The fourth-order valence-corrected chi connectivity index (χ4v) is 4.29. The normalized spacial score (nSPS) is 17.7. The van der Waals surface area contributed by atoms with E-state index >= 15 is 0 Å². The van der Waals surface area contributed by atoms with Gasteiger partial charge in [0.2, 0.25) is 0 Å². The highest BCUT2D eigenvalue weighted by molar-refractivity contribution is 5.69. The van der Waals surface area contributed by atoms with Crippen molar-refractivity contribution in [2.24, 2.45) is 0 Å². The number of fused-ring (bicyclic) bond motifs is 1. The van der Waals surface area contributed by atoms with Crippen molar-refractivity contribution in [3.05, 3.63) is 88.8 Å². The standard InChI is InChI=1S/C25H22F3N5O2/c1-14-12-32(13-29-14)19-5-3-15(9-21(19)35-2)4-6-22-30-25-23(20(34)7-8-33(25)31-22)16-10-17(26)24(28)18(27)11-16/h3-6,9-13,20,23,34H,7-8H2,1-2H3/t20-,23+/m1/s1. The summed E-state index contributed by atoms with van der Waals surface area (Å²) in [5.74, 6) is -3.62. The van der Waals surface area contributed by atoms with Crippen LogP contribution in [0.15, 0.2) is 42.9 Å². The summed E-state index contributed by atoms with van der Waals surface area (Å²) in [5.41, 5.74) is 2.68. The first-order valence-electron chi connectivity index (χ1n) is 11.0. The van der Waals surface area contributed by atoms with Gasteiger partial charge in [0.15, 0.2) is 23.3 Å². The Balaban J connectivity index is 1.44. The van der Waals surface area contributed by atoms with Gasteiger partial charge in [0.25, 0.3) is 0 Å². The van der Waals surface area contributed by atoms with Crippen molar-refractivity contribution in [1.29, 1.82) is 0 Å². The Hall–Kier alpha value is -3.92. The number of methoxy groups -OCH3 is 1. The molecule has 3 heterocycles. The van der Waals surface area contributed by atoms with E-state index in [1.54, 1.807) is 24.2 Å². The van der Waals surface area contributed by atoms with Gasteiger partial charge in [-0.2, -0.15) is 5.10 Å². The minimum atomic E-state index is -1.55. The predicted octanol–water partition coefficient (Wildman–Crippen LogP) is 4.27. The molecule has 0 radical (unpaired) electrons. The largest absolute Gasteiger partial charge is 0.495 e. The molecule has 0 unspecified atom stereocenters. The molecule has 0 bridgehead atoms. The molecule has 35 heavy (non-hydrogen) atoms. The van der Waals surface area contributed by atoms with Gasteiger partial charge in [0.1, 0.15) is 11.6 Å². The van der Waals surface area contributed by atoms with E-state index in [1.807, 2.05) is 42.0 Å². The monoisotopic (exact) mass is 481 g/mol. The van der Waals surface area contributed by atoms with E-state index in [4.69, 9.17) is 4.74 Å². The van der Waals surface area contributed by atoms with E-state index in [1.165, 1.54) is 0 Å². The van der Waals surface area contributed by atoms with Gasteiger partial charge in [0.05, 0.1) is 36.8 Å². The number of aromatic nitrogens is 5. The lowest BCUT2D eigenvalue weighted by atomic mass is 9.88. The van der Waals surface area contributed by atoms with Crippen LogP contribution in [0.3, 0.4) is 0 Å². The lowest BCUT2D eigenvalue weighted by Gasteiger charge is -2.27. The molecule has 1 aliphatic rings. The molecule has 10 heteroatoms. The second-order valence-electron chi connectivity index (χ2n) is 8.37. The van der Waals surface area contributed by atoms with Crippen molar-refractivity contribution >= 4 is 12.2 Å². The summed E-state index contributed by atoms with van der Waals surface area (Å²) in [4.78, 5) is 8.73. The van der Waals surface area contributed by atoms with Crippen LogP contribution in [-0.2, 0) is 6.54 Å². The Kier molecular flexibility index (Phi) is 5.89. The van der Waals surface area contributed by atoms with Gasteiger partial charge < -0.3 is 14.4 Å². The van der Waals surface area contributed by atoms with Crippen LogP contribution in [0.1, 0.15) is 40.8 Å². The quantitative estimate of drug-likeness (QED) is 0.431. The molecule has 2 aromatic heterocycles. The third-order valence-electron chi connectivity index (χ3n) is 6.00. The average Bonchev–Trinajstić information content (AvgIpc) is 3.46. The molecule has 7 nitrogen and oxygen atoms in total. The summed E-state index contributed by atoms with van der Waals surface area (Å²) >= 11 is 0. The molecule has 0 fully saturated rings. The summed E-state index contributed by atoms with van der Waals surface area (Å²) in [6, 6.07) is 7.48. The number of hydrogen-bond acceptors (Lipinski definition) is 5. The molecule has 0 aliphatic carbocycles. The van der Waals surface area contributed by atoms with Crippen LogP contribution in [0.2, 0.25) is 0 Å². The lowest BCUT2D eigenvalue weighted by Crippen LogP contribution is -2.30. The molecule has 0 spiro atoms. The van der Waals surface area contributed by atoms with Crippen LogP contribution >= 0.6 is 0 Å². The zero-order chi connectivity index (χ0) is 24.7. The summed E-state index contributed by atoms with van der Waals surface area (Å²) < 4.78 is 50.1. The first-order valence-corrected chi connectivity index (χ1v) is 11.0. The van der Waals surface area contributed by atoms with E-state index in [0.29, 0.717) is 30.4 Å². The van der Waals surface area contributed by atoms with Crippen LogP contribution in [0.4, 0.5) is 13.2 Å². The molecular formula is C25H22F3N5O2. The summed E-state index contributed by atoms with van der Waals surface area (Å²) in [6.45, 7) is 2.30. The maximum Gasteiger partial charge on any atom is 0.194 e. The number of aryl methyl sites for hydroxylation is 2. The summed E-state index contributed by atoms with van der Waals surface area (Å²) in [5, 5.41) is 15.0.